The number of rotatable bonds is 4. The molecule has 2 rings (SSSR count). The van der Waals surface area contributed by atoms with Gasteiger partial charge in [-0.2, -0.15) is 0 Å². The van der Waals surface area contributed by atoms with Crippen LogP contribution in [0.15, 0.2) is 18.2 Å². The summed E-state index contributed by atoms with van der Waals surface area (Å²) in [4.78, 5) is 12.6. The summed E-state index contributed by atoms with van der Waals surface area (Å²) < 4.78 is 5.67. The van der Waals surface area contributed by atoms with Crippen molar-refractivity contribution in [2.24, 2.45) is 11.1 Å². The maximum Gasteiger partial charge on any atom is 0.245 e. The molecule has 0 spiro atoms. The second-order valence-corrected chi connectivity index (χ2v) is 6.67. The van der Waals surface area contributed by atoms with E-state index in [9.17, 15) is 4.79 Å². The zero-order valence-corrected chi connectivity index (χ0v) is 14.8. The molecule has 4 nitrogen and oxygen atoms in total. The van der Waals surface area contributed by atoms with Crippen molar-refractivity contribution < 1.29 is 9.53 Å². The van der Waals surface area contributed by atoms with Gasteiger partial charge in [0.1, 0.15) is 5.54 Å². The third kappa shape index (κ3) is 3.14. The highest BCUT2D eigenvalue weighted by molar-refractivity contribution is 5.99. The summed E-state index contributed by atoms with van der Waals surface area (Å²) in [5.41, 5.74) is 8.17. The Morgan fingerprint density at radius 2 is 1.86 bits per heavy atom. The van der Waals surface area contributed by atoms with Gasteiger partial charge in [0, 0.05) is 24.1 Å². The van der Waals surface area contributed by atoms with Gasteiger partial charge >= 0.3 is 0 Å². The normalized spacial score (nSPS) is 25.8. The number of nitrogens with one attached hydrogen (secondary N) is 1. The summed E-state index contributed by atoms with van der Waals surface area (Å²) in [5, 5.41) is 2.96. The summed E-state index contributed by atoms with van der Waals surface area (Å²) in [7, 11) is 0. The average Bonchev–Trinajstić information content (AvgIpc) is 2.36. The molecule has 1 aliphatic carbocycles. The van der Waals surface area contributed by atoms with Crippen molar-refractivity contribution in [3.8, 4) is 0 Å². The zero-order valence-electron chi connectivity index (χ0n) is 14.0. The first-order valence-corrected chi connectivity index (χ1v) is 7.51. The van der Waals surface area contributed by atoms with Crippen molar-refractivity contribution in [1.29, 1.82) is 0 Å². The van der Waals surface area contributed by atoms with Gasteiger partial charge in [0.25, 0.3) is 0 Å². The van der Waals surface area contributed by atoms with E-state index in [0.29, 0.717) is 13.0 Å². The van der Waals surface area contributed by atoms with E-state index in [1.165, 1.54) is 0 Å². The Hall–Kier alpha value is -1.10. The maximum atomic E-state index is 12.6. The number of carbonyl (C=O) groups excluding carboxylic acids is 1. The molecule has 5 heteroatoms. The van der Waals surface area contributed by atoms with Crippen LogP contribution in [0.2, 0.25) is 0 Å². The highest BCUT2D eigenvalue weighted by Crippen LogP contribution is 2.50. The number of benzene rings is 1. The lowest BCUT2D eigenvalue weighted by Gasteiger charge is -2.57. The molecule has 3 N–H and O–H groups in total. The number of aryl methyl sites for hydroxylation is 2. The standard InChI is InChI=1S/C17H26N2O2.ClH/c1-6-21-14-10-17(18,16(14,4)5)15(20)19-13-8-11(2)7-12(3)9-13;/h7-9,14H,6,10,18H2,1-5H3,(H,19,20);1H. The molecule has 124 valence electrons. The highest BCUT2D eigenvalue weighted by Gasteiger charge is 2.62. The van der Waals surface area contributed by atoms with Gasteiger partial charge in [0.2, 0.25) is 5.91 Å². The molecule has 1 aliphatic rings. The van der Waals surface area contributed by atoms with E-state index in [0.717, 1.165) is 16.8 Å². The zero-order chi connectivity index (χ0) is 15.8. The van der Waals surface area contributed by atoms with Crippen molar-refractivity contribution in [1.82, 2.24) is 0 Å². The molecular formula is C17H27ClN2O2. The molecule has 1 aromatic carbocycles. The van der Waals surface area contributed by atoms with E-state index < -0.39 is 5.54 Å². The van der Waals surface area contributed by atoms with Gasteiger partial charge in [-0.05, 0) is 44.0 Å². The van der Waals surface area contributed by atoms with Crippen LogP contribution < -0.4 is 11.1 Å². The van der Waals surface area contributed by atoms with E-state index >= 15 is 0 Å². The third-order valence-corrected chi connectivity index (χ3v) is 4.71. The Labute approximate surface area is 139 Å². The molecule has 0 heterocycles. The summed E-state index contributed by atoms with van der Waals surface area (Å²) >= 11 is 0. The summed E-state index contributed by atoms with van der Waals surface area (Å²) in [5.74, 6) is -0.131. The Kier molecular flexibility index (Phi) is 5.66. The molecule has 1 saturated carbocycles. The minimum absolute atomic E-state index is 0. The monoisotopic (exact) mass is 326 g/mol. The molecular weight excluding hydrogens is 300 g/mol. The fraction of sp³-hybridized carbons (Fsp3) is 0.588. The van der Waals surface area contributed by atoms with Crippen LogP contribution in [0.5, 0.6) is 0 Å². The first kappa shape index (κ1) is 18.9. The molecule has 0 radical (unpaired) electrons. The van der Waals surface area contributed by atoms with E-state index in [1.807, 2.05) is 46.8 Å². The lowest BCUT2D eigenvalue weighted by molar-refractivity contribution is -0.166. The predicted octanol–water partition coefficient (Wildman–Crippen LogP) is 3.20. The number of nitrogens with two attached hydrogens (primary N) is 1. The minimum atomic E-state index is -0.884. The third-order valence-electron chi connectivity index (χ3n) is 4.71. The second-order valence-electron chi connectivity index (χ2n) is 6.67. The van der Waals surface area contributed by atoms with E-state index in [-0.39, 0.29) is 29.8 Å². The van der Waals surface area contributed by atoms with Crippen LogP contribution in [0.3, 0.4) is 0 Å². The lowest BCUT2D eigenvalue weighted by Crippen LogP contribution is -2.74. The molecule has 0 bridgehead atoms. The SMILES string of the molecule is CCOC1CC(N)(C(=O)Nc2cc(C)cc(C)c2)C1(C)C.Cl. The van der Waals surface area contributed by atoms with Gasteiger partial charge in [0.05, 0.1) is 6.10 Å². The molecule has 0 saturated heterocycles. The van der Waals surface area contributed by atoms with Crippen molar-refractivity contribution in [2.45, 2.75) is 52.7 Å². The van der Waals surface area contributed by atoms with Gasteiger partial charge in [0.15, 0.2) is 0 Å². The second kappa shape index (κ2) is 6.57. The van der Waals surface area contributed by atoms with Crippen LogP contribution in [0, 0.1) is 19.3 Å². The summed E-state index contributed by atoms with van der Waals surface area (Å²) in [6.45, 7) is 10.6. The molecule has 1 amide bonds. The average molecular weight is 327 g/mol. The maximum absolute atomic E-state index is 12.6. The van der Waals surface area contributed by atoms with Gasteiger partial charge in [-0.25, -0.2) is 0 Å². The predicted molar refractivity (Wildman–Crippen MR) is 92.5 cm³/mol. The van der Waals surface area contributed by atoms with Crippen LogP contribution in [-0.4, -0.2) is 24.2 Å². The first-order chi connectivity index (χ1) is 9.70. The minimum Gasteiger partial charge on any atom is -0.378 e. The topological polar surface area (TPSA) is 64.3 Å². The first-order valence-electron chi connectivity index (χ1n) is 7.51. The number of amides is 1. The number of halogens is 1. The van der Waals surface area contributed by atoms with E-state index in [2.05, 4.69) is 11.4 Å². The largest absolute Gasteiger partial charge is 0.378 e. The number of hydrogen-bond donors (Lipinski definition) is 2. The van der Waals surface area contributed by atoms with Crippen molar-refractivity contribution in [3.05, 3.63) is 29.3 Å². The van der Waals surface area contributed by atoms with Crippen molar-refractivity contribution in [2.75, 3.05) is 11.9 Å². The Morgan fingerprint density at radius 3 is 2.32 bits per heavy atom. The summed E-state index contributed by atoms with van der Waals surface area (Å²) in [6, 6.07) is 5.99. The number of carbonyl (C=O) groups is 1. The Balaban J connectivity index is 0.00000242. The van der Waals surface area contributed by atoms with Crippen LogP contribution in [-0.2, 0) is 9.53 Å². The van der Waals surface area contributed by atoms with Crippen molar-refractivity contribution >= 4 is 24.0 Å². The fourth-order valence-electron chi connectivity index (χ4n) is 3.11. The molecule has 1 fully saturated rings. The lowest BCUT2D eigenvalue weighted by atomic mass is 9.54. The molecule has 0 aliphatic heterocycles. The molecule has 1 aromatic rings. The molecule has 0 aromatic heterocycles. The van der Waals surface area contributed by atoms with E-state index in [1.54, 1.807) is 0 Å². The number of ether oxygens (including phenoxy) is 1. The quantitative estimate of drug-likeness (QED) is 0.893. The van der Waals surface area contributed by atoms with Gasteiger partial charge in [-0.15, -0.1) is 12.4 Å². The van der Waals surface area contributed by atoms with Crippen molar-refractivity contribution in [3.63, 3.8) is 0 Å². The molecule has 22 heavy (non-hydrogen) atoms. The van der Waals surface area contributed by atoms with Crippen LogP contribution in [0.25, 0.3) is 0 Å². The smallest absolute Gasteiger partial charge is 0.245 e. The number of hydrogen-bond acceptors (Lipinski definition) is 3. The Bertz CT molecular complexity index is 539. The summed E-state index contributed by atoms with van der Waals surface area (Å²) in [6.07, 6.45) is 0.599. The van der Waals surface area contributed by atoms with Crippen LogP contribution >= 0.6 is 12.4 Å². The van der Waals surface area contributed by atoms with Gasteiger partial charge in [-0.1, -0.05) is 19.9 Å². The number of anilines is 1. The fourth-order valence-corrected chi connectivity index (χ4v) is 3.11. The highest BCUT2D eigenvalue weighted by atomic mass is 35.5. The van der Waals surface area contributed by atoms with Crippen LogP contribution in [0.1, 0.15) is 38.3 Å². The Morgan fingerprint density at radius 1 is 1.32 bits per heavy atom. The van der Waals surface area contributed by atoms with Crippen LogP contribution in [0.4, 0.5) is 5.69 Å². The molecule has 2 unspecified atom stereocenters. The van der Waals surface area contributed by atoms with E-state index in [4.69, 9.17) is 10.5 Å². The molecule has 2 atom stereocenters. The van der Waals surface area contributed by atoms with Gasteiger partial charge in [-0.3, -0.25) is 4.79 Å². The van der Waals surface area contributed by atoms with Gasteiger partial charge < -0.3 is 15.8 Å².